The average molecular weight is 324 g/mol. The number of amides is 1. The number of ether oxygens (including phenoxy) is 2. The van der Waals surface area contributed by atoms with Crippen LogP contribution >= 0.6 is 11.3 Å². The van der Waals surface area contributed by atoms with E-state index in [2.05, 4.69) is 24.0 Å². The van der Waals surface area contributed by atoms with E-state index in [1.54, 1.807) is 0 Å². The first-order valence-electron chi connectivity index (χ1n) is 7.86. The first-order valence-corrected chi connectivity index (χ1v) is 8.67. The number of carbonyl (C=O) groups excluding carboxylic acids is 1. The Morgan fingerprint density at radius 2 is 2.05 bits per heavy atom. The molecule has 2 saturated heterocycles. The van der Waals surface area contributed by atoms with Gasteiger partial charge < -0.3 is 14.4 Å². The van der Waals surface area contributed by atoms with Crippen molar-refractivity contribution in [1.29, 1.82) is 0 Å². The van der Waals surface area contributed by atoms with E-state index in [9.17, 15) is 4.79 Å². The van der Waals surface area contributed by atoms with Crippen molar-refractivity contribution >= 4 is 17.2 Å². The summed E-state index contributed by atoms with van der Waals surface area (Å²) in [6, 6.07) is 4.33. The molecule has 0 radical (unpaired) electrons. The van der Waals surface area contributed by atoms with E-state index in [4.69, 9.17) is 9.47 Å². The van der Waals surface area contributed by atoms with Crippen molar-refractivity contribution in [1.82, 2.24) is 9.80 Å². The minimum absolute atomic E-state index is 0.0999. The molecule has 0 bridgehead atoms. The van der Waals surface area contributed by atoms with Crippen molar-refractivity contribution in [2.75, 3.05) is 46.0 Å². The predicted molar refractivity (Wildman–Crippen MR) is 86.1 cm³/mol. The Morgan fingerprint density at radius 3 is 2.73 bits per heavy atom. The van der Waals surface area contributed by atoms with Gasteiger partial charge >= 0.3 is 0 Å². The molecule has 0 spiro atoms. The van der Waals surface area contributed by atoms with E-state index in [1.807, 2.05) is 23.2 Å². The Kier molecular flexibility index (Phi) is 4.82. The number of hydrogen-bond donors (Lipinski definition) is 0. The van der Waals surface area contributed by atoms with Gasteiger partial charge in [0.25, 0.3) is 5.91 Å². The summed E-state index contributed by atoms with van der Waals surface area (Å²) in [5, 5.41) is 0. The third kappa shape index (κ3) is 3.51. The van der Waals surface area contributed by atoms with Crippen molar-refractivity contribution in [3.8, 4) is 0 Å². The third-order valence-corrected chi connectivity index (χ3v) is 5.27. The van der Waals surface area contributed by atoms with Gasteiger partial charge in [0.05, 0.1) is 19.8 Å². The molecule has 0 aromatic carbocycles. The van der Waals surface area contributed by atoms with Crippen molar-refractivity contribution in [2.45, 2.75) is 26.0 Å². The van der Waals surface area contributed by atoms with Gasteiger partial charge in [-0.15, -0.1) is 11.3 Å². The zero-order valence-corrected chi connectivity index (χ0v) is 14.2. The molecule has 1 aromatic heterocycles. The molecule has 1 atom stereocenters. The first-order chi connectivity index (χ1) is 10.6. The van der Waals surface area contributed by atoms with Gasteiger partial charge in [0.15, 0.2) is 5.60 Å². The maximum Gasteiger partial charge on any atom is 0.256 e. The Labute approximate surface area is 135 Å². The van der Waals surface area contributed by atoms with Crippen LogP contribution in [0.15, 0.2) is 12.1 Å². The fourth-order valence-electron chi connectivity index (χ4n) is 3.11. The maximum absolute atomic E-state index is 12.8. The van der Waals surface area contributed by atoms with Crippen LogP contribution in [0.2, 0.25) is 0 Å². The second-order valence-corrected chi connectivity index (χ2v) is 7.58. The number of morpholine rings is 2. The van der Waals surface area contributed by atoms with Gasteiger partial charge in [0.1, 0.15) is 0 Å². The number of aryl methyl sites for hydroxylation is 1. The van der Waals surface area contributed by atoms with E-state index in [1.165, 1.54) is 9.75 Å². The van der Waals surface area contributed by atoms with Crippen LogP contribution in [0.25, 0.3) is 0 Å². The molecule has 2 aliphatic rings. The smallest absolute Gasteiger partial charge is 0.256 e. The van der Waals surface area contributed by atoms with E-state index in [-0.39, 0.29) is 5.91 Å². The Balaban J connectivity index is 1.64. The molecule has 0 N–H and O–H groups in total. The summed E-state index contributed by atoms with van der Waals surface area (Å²) < 4.78 is 11.2. The summed E-state index contributed by atoms with van der Waals surface area (Å²) in [6.45, 7) is 9.67. The van der Waals surface area contributed by atoms with Gasteiger partial charge in [-0.3, -0.25) is 9.69 Å². The third-order valence-electron chi connectivity index (χ3n) is 4.28. The van der Waals surface area contributed by atoms with E-state index >= 15 is 0 Å². The lowest BCUT2D eigenvalue weighted by Crippen LogP contribution is -2.60. The summed E-state index contributed by atoms with van der Waals surface area (Å²) in [6.07, 6.45) is 0. The van der Waals surface area contributed by atoms with Crippen LogP contribution < -0.4 is 0 Å². The zero-order chi connectivity index (χ0) is 15.6. The van der Waals surface area contributed by atoms with E-state index in [0.717, 1.165) is 13.1 Å². The molecular formula is C16H24N2O3S. The molecule has 0 unspecified atom stereocenters. The second-order valence-electron chi connectivity index (χ2n) is 6.21. The van der Waals surface area contributed by atoms with Crippen LogP contribution in [0, 0.1) is 6.92 Å². The normalized spacial score (nSPS) is 27.1. The summed E-state index contributed by atoms with van der Waals surface area (Å²) in [5.74, 6) is 0.0999. The van der Waals surface area contributed by atoms with Crippen molar-refractivity contribution in [3.63, 3.8) is 0 Å². The summed E-state index contributed by atoms with van der Waals surface area (Å²) >= 11 is 1.82. The zero-order valence-electron chi connectivity index (χ0n) is 13.3. The number of thiophene rings is 1. The number of hydrogen-bond acceptors (Lipinski definition) is 5. The van der Waals surface area contributed by atoms with E-state index < -0.39 is 5.60 Å². The standard InChI is InChI=1S/C16H24N2O3S/c1-13-3-4-14(22-13)11-17-5-10-21-16(2,12-17)15(19)18-6-8-20-9-7-18/h3-4H,5-12H2,1-2H3/t16-/m1/s1. The Bertz CT molecular complexity index is 527. The molecule has 122 valence electrons. The summed E-state index contributed by atoms with van der Waals surface area (Å²) in [4.78, 5) is 19.7. The fourth-order valence-corrected chi connectivity index (χ4v) is 4.04. The summed E-state index contributed by atoms with van der Waals surface area (Å²) in [7, 11) is 0. The van der Waals surface area contributed by atoms with Crippen molar-refractivity contribution in [3.05, 3.63) is 21.9 Å². The van der Waals surface area contributed by atoms with Gasteiger partial charge in [-0.2, -0.15) is 0 Å². The maximum atomic E-state index is 12.8. The van der Waals surface area contributed by atoms with Crippen molar-refractivity contribution in [2.24, 2.45) is 0 Å². The predicted octanol–water partition coefficient (Wildman–Crippen LogP) is 1.51. The van der Waals surface area contributed by atoms with Gasteiger partial charge in [-0.1, -0.05) is 0 Å². The lowest BCUT2D eigenvalue weighted by atomic mass is 10.0. The van der Waals surface area contributed by atoms with Crippen LogP contribution in [0.1, 0.15) is 16.7 Å². The molecule has 6 heteroatoms. The van der Waals surface area contributed by atoms with Gasteiger partial charge in [0, 0.05) is 42.5 Å². The van der Waals surface area contributed by atoms with Crippen LogP contribution in [-0.4, -0.2) is 67.3 Å². The lowest BCUT2D eigenvalue weighted by Gasteiger charge is -2.42. The fraction of sp³-hybridized carbons (Fsp3) is 0.688. The molecule has 3 heterocycles. The molecule has 0 aliphatic carbocycles. The second kappa shape index (κ2) is 6.66. The molecular weight excluding hydrogens is 300 g/mol. The highest BCUT2D eigenvalue weighted by Gasteiger charge is 2.42. The number of nitrogens with zero attached hydrogens (tertiary/aromatic N) is 2. The Morgan fingerprint density at radius 1 is 1.27 bits per heavy atom. The largest absolute Gasteiger partial charge is 0.378 e. The van der Waals surface area contributed by atoms with Crippen LogP contribution in [0.5, 0.6) is 0 Å². The molecule has 5 nitrogen and oxygen atoms in total. The molecule has 2 aliphatic heterocycles. The minimum Gasteiger partial charge on any atom is -0.378 e. The summed E-state index contributed by atoms with van der Waals surface area (Å²) in [5.41, 5.74) is -0.734. The van der Waals surface area contributed by atoms with Crippen LogP contribution in [0.3, 0.4) is 0 Å². The lowest BCUT2D eigenvalue weighted by molar-refractivity contribution is -0.171. The number of carbonyl (C=O) groups is 1. The highest BCUT2D eigenvalue weighted by molar-refractivity contribution is 7.11. The van der Waals surface area contributed by atoms with E-state index in [0.29, 0.717) is 39.5 Å². The average Bonchev–Trinajstić information content (AvgIpc) is 2.92. The molecule has 1 amide bonds. The van der Waals surface area contributed by atoms with Gasteiger partial charge in [-0.25, -0.2) is 0 Å². The number of rotatable bonds is 3. The SMILES string of the molecule is Cc1ccc(CN2CCO[C@@](C)(C(=O)N3CCOCC3)C2)s1. The van der Waals surface area contributed by atoms with Gasteiger partial charge in [0.2, 0.25) is 0 Å². The Hall–Kier alpha value is -0.950. The molecule has 2 fully saturated rings. The highest BCUT2D eigenvalue weighted by atomic mass is 32.1. The highest BCUT2D eigenvalue weighted by Crippen LogP contribution is 2.24. The topological polar surface area (TPSA) is 42.0 Å². The molecule has 3 rings (SSSR count). The van der Waals surface area contributed by atoms with Crippen LogP contribution in [0.4, 0.5) is 0 Å². The quantitative estimate of drug-likeness (QED) is 0.845. The first kappa shape index (κ1) is 15.9. The molecule has 22 heavy (non-hydrogen) atoms. The monoisotopic (exact) mass is 324 g/mol. The molecule has 1 aromatic rings. The molecule has 0 saturated carbocycles. The van der Waals surface area contributed by atoms with Gasteiger partial charge in [-0.05, 0) is 26.0 Å². The minimum atomic E-state index is -0.734. The van der Waals surface area contributed by atoms with Crippen LogP contribution in [-0.2, 0) is 20.8 Å². The van der Waals surface area contributed by atoms with Crippen molar-refractivity contribution < 1.29 is 14.3 Å².